The normalized spacial score (nSPS) is 45.8. The van der Waals surface area contributed by atoms with Gasteiger partial charge in [0.2, 0.25) is 0 Å². The number of rotatable bonds is 4. The SMILES string of the molecule is B[C@@H]1O[C@@]2(COC)CS[C@H]1C2OP(C)(=O)O. The molecule has 0 radical (unpaired) electrons. The van der Waals surface area contributed by atoms with Crippen molar-refractivity contribution in [2.75, 3.05) is 26.1 Å². The van der Waals surface area contributed by atoms with E-state index in [0.717, 1.165) is 5.75 Å². The fourth-order valence-electron chi connectivity index (χ4n) is 2.40. The van der Waals surface area contributed by atoms with Crippen molar-refractivity contribution in [3.8, 4) is 0 Å². The molecule has 2 unspecified atom stereocenters. The monoisotopic (exact) mass is 266 g/mol. The Labute approximate surface area is 100 Å². The second-order valence-electron chi connectivity index (χ2n) is 4.43. The third kappa shape index (κ3) is 2.21. The van der Waals surface area contributed by atoms with E-state index in [1.54, 1.807) is 18.9 Å². The molecule has 1 N–H and O–H groups in total. The van der Waals surface area contributed by atoms with E-state index in [1.165, 1.54) is 6.66 Å². The van der Waals surface area contributed by atoms with Crippen LogP contribution in [0.3, 0.4) is 0 Å². The molecule has 0 saturated carbocycles. The Balaban J connectivity index is 2.19. The highest BCUT2D eigenvalue weighted by Gasteiger charge is 2.61. The van der Waals surface area contributed by atoms with Gasteiger partial charge in [-0.3, -0.25) is 4.57 Å². The third-order valence-electron chi connectivity index (χ3n) is 2.92. The average molecular weight is 266 g/mol. The molecular formula is C8H16BO5PS. The van der Waals surface area contributed by atoms with Crippen molar-refractivity contribution in [3.05, 3.63) is 0 Å². The van der Waals surface area contributed by atoms with Crippen LogP contribution >= 0.6 is 19.4 Å². The van der Waals surface area contributed by atoms with Gasteiger partial charge in [0.25, 0.3) is 0 Å². The summed E-state index contributed by atoms with van der Waals surface area (Å²) in [6.07, 6.45) is -0.353. The van der Waals surface area contributed by atoms with Crippen LogP contribution in [0, 0.1) is 0 Å². The van der Waals surface area contributed by atoms with E-state index in [2.05, 4.69) is 0 Å². The quantitative estimate of drug-likeness (QED) is 0.555. The molecular weight excluding hydrogens is 250 g/mol. The summed E-state index contributed by atoms with van der Waals surface area (Å²) in [6.45, 7) is 1.60. The van der Waals surface area contributed by atoms with Gasteiger partial charge in [0.1, 0.15) is 19.6 Å². The van der Waals surface area contributed by atoms with Crippen LogP contribution < -0.4 is 0 Å². The molecule has 0 spiro atoms. The van der Waals surface area contributed by atoms with Gasteiger partial charge >= 0.3 is 7.60 Å². The van der Waals surface area contributed by atoms with Crippen molar-refractivity contribution in [2.24, 2.45) is 0 Å². The van der Waals surface area contributed by atoms with Crippen LogP contribution in [0.1, 0.15) is 0 Å². The second kappa shape index (κ2) is 4.30. The maximum absolute atomic E-state index is 11.4. The van der Waals surface area contributed by atoms with Gasteiger partial charge < -0.3 is 18.9 Å². The summed E-state index contributed by atoms with van der Waals surface area (Å²) >= 11 is 1.73. The fraction of sp³-hybridized carbons (Fsp3) is 1.00. The fourth-order valence-corrected chi connectivity index (χ4v) is 4.82. The van der Waals surface area contributed by atoms with Crippen molar-refractivity contribution in [1.29, 1.82) is 0 Å². The van der Waals surface area contributed by atoms with E-state index in [-0.39, 0.29) is 17.4 Å². The van der Waals surface area contributed by atoms with Gasteiger partial charge in [0.05, 0.1) is 11.9 Å². The van der Waals surface area contributed by atoms with Gasteiger partial charge in [0.15, 0.2) is 0 Å². The Hall–Kier alpha value is 0.485. The molecule has 2 fully saturated rings. The highest BCUT2D eigenvalue weighted by atomic mass is 32.2. The van der Waals surface area contributed by atoms with Crippen LogP contribution in [-0.4, -0.2) is 61.8 Å². The molecule has 2 saturated heterocycles. The topological polar surface area (TPSA) is 65.0 Å². The smallest absolute Gasteiger partial charge is 0.325 e. The first-order chi connectivity index (χ1) is 7.38. The van der Waals surface area contributed by atoms with Crippen LogP contribution in [-0.2, 0) is 18.6 Å². The predicted octanol–water partition coefficient (Wildman–Crippen LogP) is -0.323. The van der Waals surface area contributed by atoms with E-state index in [4.69, 9.17) is 14.0 Å². The van der Waals surface area contributed by atoms with Crippen molar-refractivity contribution in [2.45, 2.75) is 23.0 Å². The first kappa shape index (κ1) is 12.9. The molecule has 92 valence electrons. The Morgan fingerprint density at radius 3 is 2.94 bits per heavy atom. The van der Waals surface area contributed by atoms with E-state index in [9.17, 15) is 9.46 Å². The van der Waals surface area contributed by atoms with Gasteiger partial charge in [-0.1, -0.05) is 0 Å². The summed E-state index contributed by atoms with van der Waals surface area (Å²) in [4.78, 5) is 9.34. The summed E-state index contributed by atoms with van der Waals surface area (Å²) in [5, 5.41) is 0.121. The number of fused-ring (bicyclic) bond motifs is 2. The lowest BCUT2D eigenvalue weighted by Gasteiger charge is -2.30. The van der Waals surface area contributed by atoms with Crippen LogP contribution in [0.5, 0.6) is 0 Å². The second-order valence-corrected chi connectivity index (χ2v) is 7.41. The van der Waals surface area contributed by atoms with Crippen LogP contribution in [0.15, 0.2) is 0 Å². The Morgan fingerprint density at radius 2 is 2.44 bits per heavy atom. The zero-order chi connectivity index (χ0) is 12.0. The minimum Gasteiger partial charge on any atom is -0.382 e. The lowest BCUT2D eigenvalue weighted by atomic mass is 9.93. The lowest BCUT2D eigenvalue weighted by Crippen LogP contribution is -2.45. The van der Waals surface area contributed by atoms with Crippen molar-refractivity contribution < 1.29 is 23.5 Å². The van der Waals surface area contributed by atoms with Gasteiger partial charge in [-0.05, 0) is 0 Å². The summed E-state index contributed by atoms with van der Waals surface area (Å²) in [5.74, 6) is 0.751. The molecule has 0 aliphatic carbocycles. The maximum atomic E-state index is 11.4. The zero-order valence-corrected chi connectivity index (χ0v) is 11.3. The van der Waals surface area contributed by atoms with Gasteiger partial charge in [-0.25, -0.2) is 0 Å². The molecule has 5 atom stereocenters. The van der Waals surface area contributed by atoms with Crippen LogP contribution in [0.4, 0.5) is 0 Å². The lowest BCUT2D eigenvalue weighted by molar-refractivity contribution is -0.0835. The van der Waals surface area contributed by atoms with E-state index in [0.29, 0.717) is 6.61 Å². The number of hydrogen-bond donors (Lipinski definition) is 1. The summed E-state index contributed by atoms with van der Waals surface area (Å²) in [6, 6.07) is 0.0328. The predicted molar refractivity (Wildman–Crippen MR) is 64.9 cm³/mol. The van der Waals surface area contributed by atoms with Crippen molar-refractivity contribution in [3.63, 3.8) is 0 Å². The van der Waals surface area contributed by atoms with Crippen molar-refractivity contribution in [1.82, 2.24) is 0 Å². The van der Waals surface area contributed by atoms with E-state index >= 15 is 0 Å². The minimum absolute atomic E-state index is 0.0328. The summed E-state index contributed by atoms with van der Waals surface area (Å²) in [7, 11) is 0.0675. The van der Waals surface area contributed by atoms with E-state index < -0.39 is 13.2 Å². The largest absolute Gasteiger partial charge is 0.382 e. The standard InChI is InChI=1S/C8H16BO5PS/c1-12-3-8-4-16-5(7(9)13-8)6(8)14-15(2,10)11/h5-7H,3-4,9H2,1-2H3,(H,10,11)/t5-,6?,7+,8-/m0/s1. The van der Waals surface area contributed by atoms with Crippen LogP contribution in [0.25, 0.3) is 0 Å². The first-order valence-electron chi connectivity index (χ1n) is 5.15. The number of hydrogen-bond acceptors (Lipinski definition) is 5. The molecule has 8 heteroatoms. The molecule has 2 bridgehead atoms. The number of thioether (sulfide) groups is 1. The van der Waals surface area contributed by atoms with E-state index in [1.807, 2.05) is 7.85 Å². The number of ether oxygens (including phenoxy) is 2. The molecule has 5 nitrogen and oxygen atoms in total. The molecule has 2 heterocycles. The zero-order valence-electron chi connectivity index (χ0n) is 9.58. The highest BCUT2D eigenvalue weighted by Crippen LogP contribution is 2.53. The molecule has 16 heavy (non-hydrogen) atoms. The summed E-state index contributed by atoms with van der Waals surface area (Å²) in [5.41, 5.74) is -0.558. The Morgan fingerprint density at radius 1 is 1.75 bits per heavy atom. The van der Waals surface area contributed by atoms with Gasteiger partial charge in [-0.15, -0.1) is 0 Å². The van der Waals surface area contributed by atoms with Crippen LogP contribution in [0.2, 0.25) is 0 Å². The molecule has 0 aromatic carbocycles. The average Bonchev–Trinajstić information content (AvgIpc) is 2.54. The first-order valence-corrected chi connectivity index (χ1v) is 8.22. The third-order valence-corrected chi connectivity index (χ3v) is 5.21. The molecule has 2 aliphatic heterocycles. The van der Waals surface area contributed by atoms with Gasteiger partial charge in [-0.2, -0.15) is 11.8 Å². The minimum atomic E-state index is -3.49. The Bertz CT molecular complexity index is 324. The summed E-state index contributed by atoms with van der Waals surface area (Å²) < 4.78 is 27.7. The molecule has 2 aliphatic rings. The maximum Gasteiger partial charge on any atom is 0.325 e. The van der Waals surface area contributed by atoms with Gasteiger partial charge in [0, 0.05) is 25.5 Å². The Kier molecular flexibility index (Phi) is 3.48. The molecule has 0 amide bonds. The molecule has 0 aromatic rings. The van der Waals surface area contributed by atoms with Crippen molar-refractivity contribution >= 4 is 27.2 Å². The molecule has 0 aromatic heterocycles. The highest BCUT2D eigenvalue weighted by molar-refractivity contribution is 8.00. The number of methoxy groups -OCH3 is 1. The molecule has 2 rings (SSSR count).